The van der Waals surface area contributed by atoms with Crippen LogP contribution in [-0.2, 0) is 0 Å². The summed E-state index contributed by atoms with van der Waals surface area (Å²) < 4.78 is 2.43. The van der Waals surface area contributed by atoms with Crippen LogP contribution >= 0.6 is 0 Å². The Balaban J connectivity index is 1.27. The van der Waals surface area contributed by atoms with Gasteiger partial charge >= 0.3 is 0 Å². The first-order valence-electron chi connectivity index (χ1n) is 14.5. The van der Waals surface area contributed by atoms with Crippen molar-refractivity contribution in [3.63, 3.8) is 0 Å². The number of aromatic nitrogens is 2. The predicted octanol–water partition coefficient (Wildman–Crippen LogP) is 11.0. The van der Waals surface area contributed by atoms with E-state index < -0.39 is 0 Å². The van der Waals surface area contributed by atoms with Crippen molar-refractivity contribution in [2.45, 2.75) is 0 Å². The predicted molar refractivity (Wildman–Crippen MR) is 180 cm³/mol. The molecule has 2 nitrogen and oxygen atoms in total. The van der Waals surface area contributed by atoms with Crippen molar-refractivity contribution in [2.75, 3.05) is 0 Å². The maximum absolute atomic E-state index is 3.74. The van der Waals surface area contributed by atoms with Crippen LogP contribution in [0, 0.1) is 0 Å². The number of hydrogen-bond acceptors (Lipinski definition) is 0. The van der Waals surface area contributed by atoms with E-state index in [1.54, 1.807) is 0 Å². The Morgan fingerprint density at radius 3 is 1.86 bits per heavy atom. The summed E-state index contributed by atoms with van der Waals surface area (Å²) in [5.74, 6) is 0. The zero-order valence-electron chi connectivity index (χ0n) is 22.7. The molecule has 2 heterocycles. The summed E-state index contributed by atoms with van der Waals surface area (Å²) in [7, 11) is 0. The Morgan fingerprint density at radius 1 is 0.357 bits per heavy atom. The second-order valence-corrected chi connectivity index (χ2v) is 11.5. The number of para-hydroxylation sites is 1. The molecule has 194 valence electrons. The summed E-state index contributed by atoms with van der Waals surface area (Å²) in [6.45, 7) is 0. The Labute approximate surface area is 241 Å². The van der Waals surface area contributed by atoms with E-state index in [0.717, 1.165) is 5.52 Å². The summed E-state index contributed by atoms with van der Waals surface area (Å²) in [6, 6.07) is 51.3. The summed E-state index contributed by atoms with van der Waals surface area (Å²) in [6.07, 6.45) is 0. The fourth-order valence-electron chi connectivity index (χ4n) is 7.37. The highest BCUT2D eigenvalue weighted by Crippen LogP contribution is 2.40. The quantitative estimate of drug-likeness (QED) is 0.203. The van der Waals surface area contributed by atoms with E-state index in [4.69, 9.17) is 0 Å². The Hall–Kier alpha value is -5.60. The number of fused-ring (bicyclic) bond motifs is 13. The number of rotatable bonds is 1. The fraction of sp³-hybridized carbons (Fsp3) is 0. The maximum atomic E-state index is 3.74. The Kier molecular flexibility index (Phi) is 4.21. The fourth-order valence-corrected chi connectivity index (χ4v) is 7.37. The highest BCUT2D eigenvalue weighted by Gasteiger charge is 2.17. The topological polar surface area (TPSA) is 20.7 Å². The van der Waals surface area contributed by atoms with Gasteiger partial charge in [-0.05, 0) is 79.5 Å². The lowest BCUT2D eigenvalue weighted by Crippen LogP contribution is -1.94. The van der Waals surface area contributed by atoms with E-state index in [0.29, 0.717) is 0 Å². The molecule has 42 heavy (non-hydrogen) atoms. The summed E-state index contributed by atoms with van der Waals surface area (Å²) in [5, 5.41) is 15.4. The minimum absolute atomic E-state index is 1.16. The number of aromatic amines is 1. The molecule has 0 aliphatic heterocycles. The molecule has 8 aromatic carbocycles. The molecular formula is C40H24N2. The lowest BCUT2D eigenvalue weighted by atomic mass is 9.97. The van der Waals surface area contributed by atoms with Crippen molar-refractivity contribution in [1.82, 2.24) is 9.55 Å². The third-order valence-electron chi connectivity index (χ3n) is 9.26. The lowest BCUT2D eigenvalue weighted by molar-refractivity contribution is 1.19. The van der Waals surface area contributed by atoms with E-state index in [-0.39, 0.29) is 0 Å². The number of benzene rings is 8. The molecule has 0 spiro atoms. The molecule has 10 rings (SSSR count). The van der Waals surface area contributed by atoms with Crippen LogP contribution in [0.1, 0.15) is 0 Å². The second-order valence-electron chi connectivity index (χ2n) is 11.5. The summed E-state index contributed by atoms with van der Waals surface area (Å²) in [5.41, 5.74) is 5.95. The average molecular weight is 533 g/mol. The molecule has 0 unspecified atom stereocenters. The van der Waals surface area contributed by atoms with Crippen LogP contribution in [0.4, 0.5) is 0 Å². The van der Waals surface area contributed by atoms with Gasteiger partial charge < -0.3 is 9.55 Å². The van der Waals surface area contributed by atoms with Crippen molar-refractivity contribution in [3.05, 3.63) is 140 Å². The highest BCUT2D eigenvalue weighted by atomic mass is 15.0. The first-order valence-corrected chi connectivity index (χ1v) is 14.5. The molecule has 0 saturated heterocycles. The third-order valence-corrected chi connectivity index (χ3v) is 9.26. The van der Waals surface area contributed by atoms with Crippen molar-refractivity contribution < 1.29 is 0 Å². The van der Waals surface area contributed by atoms with Crippen LogP contribution in [0.25, 0.3) is 92.4 Å². The molecule has 1 N–H and O–H groups in total. The lowest BCUT2D eigenvalue weighted by Gasteiger charge is -2.12. The van der Waals surface area contributed by atoms with E-state index in [1.165, 1.54) is 86.9 Å². The number of nitrogens with one attached hydrogen (secondary N) is 1. The third kappa shape index (κ3) is 2.88. The molecule has 0 aliphatic carbocycles. The molecule has 0 bridgehead atoms. The molecule has 2 heteroatoms. The molecule has 10 aromatic rings. The average Bonchev–Trinajstić information content (AvgIpc) is 3.58. The Morgan fingerprint density at radius 2 is 1.00 bits per heavy atom. The molecule has 0 amide bonds. The van der Waals surface area contributed by atoms with Gasteiger partial charge in [0, 0.05) is 38.3 Å². The minimum atomic E-state index is 1.16. The van der Waals surface area contributed by atoms with Crippen molar-refractivity contribution in [1.29, 1.82) is 0 Å². The zero-order valence-corrected chi connectivity index (χ0v) is 22.7. The van der Waals surface area contributed by atoms with Gasteiger partial charge in [-0.15, -0.1) is 0 Å². The molecule has 2 aromatic heterocycles. The first kappa shape index (κ1) is 22.1. The number of H-pyrrole nitrogens is 1. The largest absolute Gasteiger partial charge is 0.354 e. The molecule has 0 saturated carbocycles. The molecule has 0 radical (unpaired) electrons. The van der Waals surface area contributed by atoms with Gasteiger partial charge in [-0.3, -0.25) is 0 Å². The molecule has 0 aliphatic rings. The molecule has 0 atom stereocenters. The molecular weight excluding hydrogens is 508 g/mol. The Bertz CT molecular complexity index is 2740. The standard InChI is InChI=1S/C40H24N2/c1-3-9-28-24(7-1)13-17-32-29-19-16-27(21-26(29)14-18-31(28)32)42-38-12-6-5-11-33(38)34-22-35-37(23-39(34)42)41-36-20-15-25-8-2-4-10-30(25)40(35)36/h1-23,41H. The maximum Gasteiger partial charge on any atom is 0.0562 e. The van der Waals surface area contributed by atoms with Crippen LogP contribution in [0.2, 0.25) is 0 Å². The second kappa shape index (κ2) is 7.99. The van der Waals surface area contributed by atoms with E-state index in [9.17, 15) is 0 Å². The van der Waals surface area contributed by atoms with Crippen LogP contribution in [0.15, 0.2) is 140 Å². The van der Waals surface area contributed by atoms with E-state index in [2.05, 4.69) is 149 Å². The normalized spacial score (nSPS) is 12.3. The van der Waals surface area contributed by atoms with E-state index in [1.807, 2.05) is 0 Å². The smallest absolute Gasteiger partial charge is 0.0562 e. The monoisotopic (exact) mass is 532 g/mol. The van der Waals surface area contributed by atoms with Crippen LogP contribution in [-0.4, -0.2) is 9.55 Å². The van der Waals surface area contributed by atoms with Gasteiger partial charge in [0.25, 0.3) is 0 Å². The van der Waals surface area contributed by atoms with Gasteiger partial charge in [-0.2, -0.15) is 0 Å². The van der Waals surface area contributed by atoms with Gasteiger partial charge in [-0.1, -0.05) is 103 Å². The number of hydrogen-bond donors (Lipinski definition) is 1. The van der Waals surface area contributed by atoms with Gasteiger partial charge in [0.05, 0.1) is 11.0 Å². The van der Waals surface area contributed by atoms with Crippen molar-refractivity contribution >= 4 is 86.7 Å². The van der Waals surface area contributed by atoms with Gasteiger partial charge in [-0.25, -0.2) is 0 Å². The van der Waals surface area contributed by atoms with Crippen molar-refractivity contribution in [2.24, 2.45) is 0 Å². The minimum Gasteiger partial charge on any atom is -0.354 e. The SMILES string of the molecule is c1ccc2c(c1)ccc1c3ccc(-n4c5ccccc5c5cc6c(cc54)[nH]c4ccc5ccccc5c46)cc3ccc21. The first-order chi connectivity index (χ1) is 20.8. The molecule has 0 fully saturated rings. The van der Waals surface area contributed by atoms with E-state index >= 15 is 0 Å². The van der Waals surface area contributed by atoms with Gasteiger partial charge in [0.15, 0.2) is 0 Å². The highest BCUT2D eigenvalue weighted by molar-refractivity contribution is 6.24. The van der Waals surface area contributed by atoms with Crippen molar-refractivity contribution in [3.8, 4) is 5.69 Å². The van der Waals surface area contributed by atoms with Gasteiger partial charge in [0.1, 0.15) is 0 Å². The van der Waals surface area contributed by atoms with Crippen LogP contribution in [0.3, 0.4) is 0 Å². The summed E-state index contributed by atoms with van der Waals surface area (Å²) >= 11 is 0. The number of nitrogens with zero attached hydrogens (tertiary/aromatic N) is 1. The zero-order chi connectivity index (χ0) is 27.4. The summed E-state index contributed by atoms with van der Waals surface area (Å²) in [4.78, 5) is 3.74. The van der Waals surface area contributed by atoms with Crippen LogP contribution in [0.5, 0.6) is 0 Å². The van der Waals surface area contributed by atoms with Crippen LogP contribution < -0.4 is 0 Å². The van der Waals surface area contributed by atoms with Gasteiger partial charge in [0.2, 0.25) is 0 Å².